The molecule has 1 aromatic rings. The van der Waals surface area contributed by atoms with Crippen molar-refractivity contribution in [2.75, 3.05) is 12.2 Å². The molecule has 0 bridgehead atoms. The van der Waals surface area contributed by atoms with Crippen LogP contribution in [0, 0.1) is 0 Å². The van der Waals surface area contributed by atoms with Crippen molar-refractivity contribution >= 4 is 23.3 Å². The van der Waals surface area contributed by atoms with Gasteiger partial charge in [-0.05, 0) is 54.7 Å². The van der Waals surface area contributed by atoms with Gasteiger partial charge in [-0.25, -0.2) is 4.79 Å². The van der Waals surface area contributed by atoms with Crippen LogP contribution in [0.25, 0.3) is 5.57 Å². The molecule has 1 aromatic carbocycles. The zero-order chi connectivity index (χ0) is 20.6. The lowest BCUT2D eigenvalue weighted by Crippen LogP contribution is -2.15. The van der Waals surface area contributed by atoms with Gasteiger partial charge in [0.2, 0.25) is 0 Å². The molecule has 4 heteroatoms. The van der Waals surface area contributed by atoms with E-state index in [1.54, 1.807) is 24.8 Å². The Morgan fingerprint density at radius 2 is 1.93 bits per heavy atom. The Hall–Kier alpha value is -1.94. The summed E-state index contributed by atoms with van der Waals surface area (Å²) in [5.41, 5.74) is 5.35. The lowest BCUT2D eigenvalue weighted by atomic mass is 9.82. The van der Waals surface area contributed by atoms with Gasteiger partial charge in [0.15, 0.2) is 0 Å². The fraction of sp³-hybridized carbons (Fsp3) is 0.435. The fourth-order valence-electron chi connectivity index (χ4n) is 2.69. The third kappa shape index (κ3) is 7.30. The molecule has 0 saturated carbocycles. The molecule has 0 fully saturated rings. The van der Waals surface area contributed by atoms with Crippen LogP contribution in [0.1, 0.15) is 58.2 Å². The lowest BCUT2D eigenvalue weighted by molar-refractivity contribution is -0.131. The molecule has 0 radical (unpaired) electrons. The molecule has 1 rings (SSSR count). The smallest absolute Gasteiger partial charge is 0.328 e. The SMILES string of the molecule is CCc1cc(\C(C)=C/C=C/C(C)=C/C(=O)O)c(OCSC)c(C(C)(C)C)c1. The molecule has 27 heavy (non-hydrogen) atoms. The maximum absolute atomic E-state index is 10.7. The zero-order valence-electron chi connectivity index (χ0n) is 17.6. The summed E-state index contributed by atoms with van der Waals surface area (Å²) in [5, 5.41) is 8.81. The predicted molar refractivity (Wildman–Crippen MR) is 118 cm³/mol. The molecule has 0 atom stereocenters. The summed E-state index contributed by atoms with van der Waals surface area (Å²) < 4.78 is 6.15. The molecule has 0 aliphatic rings. The number of carboxylic acids is 1. The van der Waals surface area contributed by atoms with Crippen LogP contribution in [-0.4, -0.2) is 23.3 Å². The van der Waals surface area contributed by atoms with Crippen molar-refractivity contribution in [1.82, 2.24) is 0 Å². The molecular formula is C23H32O3S. The molecule has 0 heterocycles. The van der Waals surface area contributed by atoms with Gasteiger partial charge in [-0.2, -0.15) is 0 Å². The van der Waals surface area contributed by atoms with Gasteiger partial charge >= 0.3 is 5.97 Å². The van der Waals surface area contributed by atoms with E-state index in [4.69, 9.17) is 9.84 Å². The maximum Gasteiger partial charge on any atom is 0.328 e. The predicted octanol–water partition coefficient (Wildman–Crippen LogP) is 6.24. The zero-order valence-corrected chi connectivity index (χ0v) is 18.4. The third-order valence-electron chi connectivity index (χ3n) is 4.17. The molecule has 0 amide bonds. The number of hydrogen-bond donors (Lipinski definition) is 1. The second-order valence-electron chi connectivity index (χ2n) is 7.61. The number of carboxylic acid groups (broad SMARTS) is 1. The van der Waals surface area contributed by atoms with E-state index in [1.165, 1.54) is 17.2 Å². The van der Waals surface area contributed by atoms with E-state index in [2.05, 4.69) is 46.8 Å². The third-order valence-corrected chi connectivity index (χ3v) is 4.52. The summed E-state index contributed by atoms with van der Waals surface area (Å²) in [4.78, 5) is 10.7. The quantitative estimate of drug-likeness (QED) is 0.325. The first kappa shape index (κ1) is 23.1. The van der Waals surface area contributed by atoms with E-state index in [-0.39, 0.29) is 5.41 Å². The minimum absolute atomic E-state index is 0.0232. The summed E-state index contributed by atoms with van der Waals surface area (Å²) in [6, 6.07) is 4.45. The highest BCUT2D eigenvalue weighted by atomic mass is 32.2. The Morgan fingerprint density at radius 1 is 1.26 bits per heavy atom. The van der Waals surface area contributed by atoms with E-state index >= 15 is 0 Å². The average Bonchev–Trinajstić information content (AvgIpc) is 2.57. The minimum atomic E-state index is -0.934. The number of thioether (sulfide) groups is 1. The summed E-state index contributed by atoms with van der Waals surface area (Å²) in [7, 11) is 0. The molecule has 0 spiro atoms. The van der Waals surface area contributed by atoms with E-state index in [0.29, 0.717) is 11.5 Å². The molecular weight excluding hydrogens is 356 g/mol. The van der Waals surface area contributed by atoms with Gasteiger partial charge in [-0.15, -0.1) is 11.8 Å². The lowest BCUT2D eigenvalue weighted by Gasteiger charge is -2.26. The van der Waals surface area contributed by atoms with Gasteiger partial charge in [0.05, 0.1) is 0 Å². The van der Waals surface area contributed by atoms with Crippen LogP contribution in [0.3, 0.4) is 0 Å². The Morgan fingerprint density at radius 3 is 2.44 bits per heavy atom. The summed E-state index contributed by atoms with van der Waals surface area (Å²) >= 11 is 1.65. The molecule has 0 unspecified atom stereocenters. The van der Waals surface area contributed by atoms with Crippen LogP contribution in [0.4, 0.5) is 0 Å². The number of benzene rings is 1. The van der Waals surface area contributed by atoms with Crippen LogP contribution < -0.4 is 4.74 Å². The Bertz CT molecular complexity index is 750. The van der Waals surface area contributed by atoms with Crippen LogP contribution in [-0.2, 0) is 16.6 Å². The van der Waals surface area contributed by atoms with Gasteiger partial charge in [0.1, 0.15) is 11.7 Å². The summed E-state index contributed by atoms with van der Waals surface area (Å²) in [6.45, 7) is 12.6. The van der Waals surface area contributed by atoms with Gasteiger partial charge in [0.25, 0.3) is 0 Å². The van der Waals surface area contributed by atoms with E-state index < -0.39 is 5.97 Å². The number of ether oxygens (including phenoxy) is 1. The van der Waals surface area contributed by atoms with Crippen molar-refractivity contribution in [3.63, 3.8) is 0 Å². The van der Waals surface area contributed by atoms with Crippen molar-refractivity contribution in [2.24, 2.45) is 0 Å². The summed E-state index contributed by atoms with van der Waals surface area (Å²) in [6.07, 6.45) is 9.88. The highest BCUT2D eigenvalue weighted by molar-refractivity contribution is 7.98. The van der Waals surface area contributed by atoms with Crippen molar-refractivity contribution < 1.29 is 14.6 Å². The van der Waals surface area contributed by atoms with Gasteiger partial charge in [-0.1, -0.05) is 52.0 Å². The molecule has 0 aliphatic heterocycles. The maximum atomic E-state index is 10.7. The Kier molecular flexibility index (Phi) is 8.91. The number of hydrogen-bond acceptors (Lipinski definition) is 3. The van der Waals surface area contributed by atoms with Crippen LogP contribution in [0.2, 0.25) is 0 Å². The Balaban J connectivity index is 3.43. The van der Waals surface area contributed by atoms with Crippen LogP contribution >= 0.6 is 11.8 Å². The number of aliphatic carboxylic acids is 1. The van der Waals surface area contributed by atoms with Crippen molar-refractivity contribution in [3.05, 3.63) is 58.7 Å². The van der Waals surface area contributed by atoms with Gasteiger partial charge < -0.3 is 9.84 Å². The highest BCUT2D eigenvalue weighted by Gasteiger charge is 2.23. The Labute approximate surface area is 168 Å². The minimum Gasteiger partial charge on any atom is -0.482 e. The number of rotatable bonds is 8. The molecule has 0 aliphatic carbocycles. The second-order valence-corrected chi connectivity index (χ2v) is 8.42. The van der Waals surface area contributed by atoms with Crippen molar-refractivity contribution in [1.29, 1.82) is 0 Å². The molecule has 1 N–H and O–H groups in total. The van der Waals surface area contributed by atoms with Crippen molar-refractivity contribution in [3.8, 4) is 5.75 Å². The first-order chi connectivity index (χ1) is 12.6. The number of allylic oxidation sites excluding steroid dienone is 5. The number of aryl methyl sites for hydroxylation is 1. The molecule has 3 nitrogen and oxygen atoms in total. The van der Waals surface area contributed by atoms with E-state index in [9.17, 15) is 4.79 Å². The van der Waals surface area contributed by atoms with Gasteiger partial charge in [-0.3, -0.25) is 0 Å². The largest absolute Gasteiger partial charge is 0.482 e. The standard InChI is InChI=1S/C23H32O3S/c1-8-18-13-19(17(3)11-9-10-16(2)12-21(24)25)22(26-15-27-7)20(14-18)23(4,5)6/h9-14H,8,15H2,1-7H3,(H,24,25)/b10-9+,16-12+,17-11-. The average molecular weight is 389 g/mol. The normalized spacial score (nSPS) is 13.3. The first-order valence-corrected chi connectivity index (χ1v) is 10.5. The van der Waals surface area contributed by atoms with E-state index in [0.717, 1.165) is 23.3 Å². The van der Waals surface area contributed by atoms with Gasteiger partial charge in [0, 0.05) is 17.2 Å². The highest BCUT2D eigenvalue weighted by Crippen LogP contribution is 2.39. The van der Waals surface area contributed by atoms with Crippen LogP contribution in [0.15, 0.2) is 42.0 Å². The molecule has 0 saturated heterocycles. The fourth-order valence-corrected chi connectivity index (χ4v) is 2.93. The van der Waals surface area contributed by atoms with Crippen LogP contribution in [0.5, 0.6) is 5.75 Å². The second kappa shape index (κ2) is 10.4. The van der Waals surface area contributed by atoms with Crippen molar-refractivity contribution in [2.45, 2.75) is 53.4 Å². The topological polar surface area (TPSA) is 46.5 Å². The monoisotopic (exact) mass is 388 g/mol. The first-order valence-electron chi connectivity index (χ1n) is 9.15. The molecule has 0 aromatic heterocycles. The number of carbonyl (C=O) groups is 1. The summed E-state index contributed by atoms with van der Waals surface area (Å²) in [5.74, 6) is 0.607. The molecule has 148 valence electrons. The van der Waals surface area contributed by atoms with E-state index in [1.807, 2.05) is 18.4 Å².